The van der Waals surface area contributed by atoms with Crippen LogP contribution in [-0.4, -0.2) is 36.4 Å². The lowest BCUT2D eigenvalue weighted by Crippen LogP contribution is -2.23. The first-order chi connectivity index (χ1) is 7.41. The number of rotatable bonds is 8. The van der Waals surface area contributed by atoms with E-state index in [-0.39, 0.29) is 19.3 Å². The van der Waals surface area contributed by atoms with Crippen molar-refractivity contribution in [3.05, 3.63) is 0 Å². The third-order valence-electron chi connectivity index (χ3n) is 1.69. The van der Waals surface area contributed by atoms with Crippen molar-refractivity contribution in [1.29, 1.82) is 0 Å². The molecule has 0 rings (SSSR count). The Labute approximate surface area is 97.6 Å². The second kappa shape index (κ2) is 8.35. The van der Waals surface area contributed by atoms with Gasteiger partial charge in [-0.2, -0.15) is 0 Å². The van der Waals surface area contributed by atoms with E-state index >= 15 is 0 Å². The molecule has 0 saturated carbocycles. The number of oxime groups is 1. The molecule has 5 nitrogen and oxygen atoms in total. The molecule has 0 fully saturated rings. The third kappa shape index (κ3) is 9.73. The normalized spacial score (nSPS) is 14.6. The summed E-state index contributed by atoms with van der Waals surface area (Å²) < 4.78 is 5.22. The highest BCUT2D eigenvalue weighted by Gasteiger charge is 2.06. The van der Waals surface area contributed by atoms with Crippen molar-refractivity contribution < 1.29 is 14.7 Å². The van der Waals surface area contributed by atoms with Crippen LogP contribution in [0, 0.1) is 5.92 Å². The minimum Gasteiger partial charge on any atom is -0.392 e. The van der Waals surface area contributed by atoms with E-state index in [1.165, 1.54) is 0 Å². The van der Waals surface area contributed by atoms with Gasteiger partial charge in [0.1, 0.15) is 18.5 Å². The van der Waals surface area contributed by atoms with Crippen LogP contribution in [0.3, 0.4) is 0 Å². The molecule has 96 valence electrons. The molecule has 3 N–H and O–H groups in total. The molecule has 0 amide bonds. The van der Waals surface area contributed by atoms with Gasteiger partial charge in [0, 0.05) is 6.42 Å². The van der Waals surface area contributed by atoms with Crippen LogP contribution in [0.25, 0.3) is 0 Å². The van der Waals surface area contributed by atoms with Gasteiger partial charge in [-0.15, -0.1) is 0 Å². The molecule has 1 atom stereocenters. The molecule has 0 aliphatic rings. The first-order valence-electron chi connectivity index (χ1n) is 5.65. The van der Waals surface area contributed by atoms with Gasteiger partial charge in [0.05, 0.1) is 12.7 Å². The van der Waals surface area contributed by atoms with Crippen molar-refractivity contribution in [3.8, 4) is 0 Å². The summed E-state index contributed by atoms with van der Waals surface area (Å²) in [5, 5.41) is 13.1. The molecule has 5 heteroatoms. The van der Waals surface area contributed by atoms with Gasteiger partial charge < -0.3 is 20.4 Å². The lowest BCUT2D eigenvalue weighted by molar-refractivity contribution is -0.0348. The zero-order valence-corrected chi connectivity index (χ0v) is 10.6. The van der Waals surface area contributed by atoms with E-state index < -0.39 is 6.10 Å². The summed E-state index contributed by atoms with van der Waals surface area (Å²) in [5.74, 6) is 0.897. The highest BCUT2D eigenvalue weighted by molar-refractivity contribution is 5.79. The number of amidine groups is 1. The average Bonchev–Trinajstić information content (AvgIpc) is 2.13. The number of nitrogens with zero attached hydrogens (tertiary/aromatic N) is 1. The number of hydrogen-bond acceptors (Lipinski definition) is 4. The van der Waals surface area contributed by atoms with Crippen molar-refractivity contribution in [2.24, 2.45) is 16.8 Å². The van der Waals surface area contributed by atoms with E-state index in [9.17, 15) is 5.11 Å². The van der Waals surface area contributed by atoms with Crippen LogP contribution in [0.15, 0.2) is 5.16 Å². The zero-order valence-electron chi connectivity index (χ0n) is 10.6. The van der Waals surface area contributed by atoms with Crippen molar-refractivity contribution in [3.63, 3.8) is 0 Å². The summed E-state index contributed by atoms with van der Waals surface area (Å²) in [6, 6.07) is 0. The highest BCUT2D eigenvalue weighted by Crippen LogP contribution is 1.99. The number of aliphatic hydroxyl groups is 1. The Hall–Kier alpha value is -0.810. The standard InChI is InChI=1S/C11H24N2O3/c1-8(2)5-11(12)13-16-7-10(14)6-15-9(3)4/h8-10,14H,5-7H2,1-4H3,(H2,12,13)/t10-/m0/s1. The van der Waals surface area contributed by atoms with Gasteiger partial charge in [-0.25, -0.2) is 0 Å². The molecule has 16 heavy (non-hydrogen) atoms. The van der Waals surface area contributed by atoms with Crippen LogP contribution in [0.4, 0.5) is 0 Å². The Balaban J connectivity index is 3.63. The van der Waals surface area contributed by atoms with E-state index in [2.05, 4.69) is 5.16 Å². The van der Waals surface area contributed by atoms with Gasteiger partial charge in [-0.05, 0) is 19.8 Å². The Morgan fingerprint density at radius 1 is 1.25 bits per heavy atom. The van der Waals surface area contributed by atoms with Crippen LogP contribution in [0.2, 0.25) is 0 Å². The second-order valence-corrected chi connectivity index (χ2v) is 4.51. The van der Waals surface area contributed by atoms with Crippen LogP contribution >= 0.6 is 0 Å². The van der Waals surface area contributed by atoms with E-state index in [0.717, 1.165) is 0 Å². The van der Waals surface area contributed by atoms with E-state index in [1.807, 2.05) is 27.7 Å². The van der Waals surface area contributed by atoms with Gasteiger partial charge in [-0.3, -0.25) is 0 Å². The fraction of sp³-hybridized carbons (Fsp3) is 0.909. The lowest BCUT2D eigenvalue weighted by Gasteiger charge is -2.12. The number of hydrogen-bond donors (Lipinski definition) is 2. The summed E-state index contributed by atoms with van der Waals surface area (Å²) in [6.07, 6.45) is 0.126. The molecule has 0 bridgehead atoms. The molecular formula is C11H24N2O3. The molecule has 0 aliphatic carbocycles. The maximum Gasteiger partial charge on any atom is 0.145 e. The Morgan fingerprint density at radius 3 is 2.38 bits per heavy atom. The molecule has 0 radical (unpaired) electrons. The fourth-order valence-corrected chi connectivity index (χ4v) is 1.01. The average molecular weight is 232 g/mol. The smallest absolute Gasteiger partial charge is 0.145 e. The SMILES string of the molecule is CC(C)C/C(N)=N\OC[C@@H](O)COC(C)C. The Morgan fingerprint density at radius 2 is 1.88 bits per heavy atom. The Bertz CT molecular complexity index is 205. The summed E-state index contributed by atoms with van der Waals surface area (Å²) in [6.45, 7) is 8.27. The third-order valence-corrected chi connectivity index (χ3v) is 1.69. The minimum absolute atomic E-state index is 0.101. The topological polar surface area (TPSA) is 77.1 Å². The summed E-state index contributed by atoms with van der Waals surface area (Å²) in [5.41, 5.74) is 5.60. The first-order valence-corrected chi connectivity index (χ1v) is 5.65. The van der Waals surface area contributed by atoms with Gasteiger partial charge in [-0.1, -0.05) is 19.0 Å². The minimum atomic E-state index is -0.669. The monoisotopic (exact) mass is 232 g/mol. The molecule has 0 spiro atoms. The summed E-state index contributed by atoms with van der Waals surface area (Å²) in [4.78, 5) is 4.92. The van der Waals surface area contributed by atoms with Crippen LogP contribution in [-0.2, 0) is 9.57 Å². The van der Waals surface area contributed by atoms with E-state index in [0.29, 0.717) is 18.2 Å². The van der Waals surface area contributed by atoms with Gasteiger partial charge in [0.25, 0.3) is 0 Å². The van der Waals surface area contributed by atoms with Gasteiger partial charge >= 0.3 is 0 Å². The molecule has 0 aromatic heterocycles. The number of aliphatic hydroxyl groups excluding tert-OH is 1. The maximum absolute atomic E-state index is 9.43. The molecule has 0 unspecified atom stereocenters. The Kier molecular flexibility index (Phi) is 7.93. The van der Waals surface area contributed by atoms with Crippen LogP contribution in [0.5, 0.6) is 0 Å². The molecule has 0 aromatic carbocycles. The van der Waals surface area contributed by atoms with E-state index in [1.54, 1.807) is 0 Å². The predicted molar refractivity (Wildman–Crippen MR) is 64.1 cm³/mol. The lowest BCUT2D eigenvalue weighted by atomic mass is 10.1. The van der Waals surface area contributed by atoms with Crippen molar-refractivity contribution in [2.45, 2.75) is 46.3 Å². The number of nitrogens with two attached hydrogens (primary N) is 1. The summed E-state index contributed by atoms with van der Waals surface area (Å²) in [7, 11) is 0. The van der Waals surface area contributed by atoms with Crippen LogP contribution in [0.1, 0.15) is 34.1 Å². The molecule has 0 heterocycles. The first kappa shape index (κ1) is 15.2. The largest absolute Gasteiger partial charge is 0.392 e. The molecule has 0 saturated heterocycles. The van der Waals surface area contributed by atoms with E-state index in [4.69, 9.17) is 15.3 Å². The molecular weight excluding hydrogens is 208 g/mol. The fourth-order valence-electron chi connectivity index (χ4n) is 1.01. The van der Waals surface area contributed by atoms with Crippen molar-refractivity contribution >= 4 is 5.84 Å². The quantitative estimate of drug-likeness (QED) is 0.373. The second-order valence-electron chi connectivity index (χ2n) is 4.51. The predicted octanol–water partition coefficient (Wildman–Crippen LogP) is 1.11. The zero-order chi connectivity index (χ0) is 12.6. The highest BCUT2D eigenvalue weighted by atomic mass is 16.6. The van der Waals surface area contributed by atoms with Crippen molar-refractivity contribution in [1.82, 2.24) is 0 Å². The number of ether oxygens (including phenoxy) is 1. The van der Waals surface area contributed by atoms with Gasteiger partial charge in [0.2, 0.25) is 0 Å². The van der Waals surface area contributed by atoms with Gasteiger partial charge in [0.15, 0.2) is 0 Å². The summed E-state index contributed by atoms with van der Waals surface area (Å²) >= 11 is 0. The van der Waals surface area contributed by atoms with Crippen LogP contribution < -0.4 is 5.73 Å². The molecule has 0 aromatic rings. The van der Waals surface area contributed by atoms with Crippen molar-refractivity contribution in [2.75, 3.05) is 13.2 Å². The maximum atomic E-state index is 9.43. The molecule has 0 aliphatic heterocycles.